The van der Waals surface area contributed by atoms with Crippen LogP contribution in [0.15, 0.2) is 29.4 Å². The molecule has 0 spiro atoms. The van der Waals surface area contributed by atoms with Crippen LogP contribution >= 0.6 is 0 Å². The highest BCUT2D eigenvalue weighted by molar-refractivity contribution is 7.93. The number of oxime groups is 1. The van der Waals surface area contributed by atoms with Crippen molar-refractivity contribution in [3.8, 4) is 0 Å². The fourth-order valence-corrected chi connectivity index (χ4v) is 1.93. The van der Waals surface area contributed by atoms with Gasteiger partial charge in [-0.2, -0.15) is 0 Å². The van der Waals surface area contributed by atoms with Crippen LogP contribution in [0.4, 0.5) is 5.69 Å². The molecule has 0 saturated carbocycles. The van der Waals surface area contributed by atoms with Crippen LogP contribution in [0, 0.1) is 0 Å². The molecule has 94 valence electrons. The molecule has 2 N–H and O–H groups in total. The minimum absolute atomic E-state index is 0.354. The minimum atomic E-state index is -3.40. The van der Waals surface area contributed by atoms with E-state index in [2.05, 4.69) is 9.88 Å². The molecule has 0 unspecified atom stereocenters. The van der Waals surface area contributed by atoms with Gasteiger partial charge in [-0.05, 0) is 26.8 Å². The van der Waals surface area contributed by atoms with Crippen LogP contribution in [-0.4, -0.2) is 24.6 Å². The summed E-state index contributed by atoms with van der Waals surface area (Å²) < 4.78 is 26.0. The number of nitrogens with one attached hydrogen (secondary N) is 1. The third-order valence-corrected chi connectivity index (χ3v) is 4.09. The van der Waals surface area contributed by atoms with E-state index < -0.39 is 15.3 Å². The topological polar surface area (TPSA) is 78.8 Å². The smallest absolute Gasteiger partial charge is 0.235 e. The molecule has 0 aromatic heterocycles. The molecular formula is C11H16N2O3S. The monoisotopic (exact) mass is 256 g/mol. The van der Waals surface area contributed by atoms with E-state index in [0.717, 1.165) is 0 Å². The number of sulfonamides is 1. The summed E-state index contributed by atoms with van der Waals surface area (Å²) in [6.07, 6.45) is 0. The predicted molar refractivity (Wildman–Crippen MR) is 68.1 cm³/mol. The van der Waals surface area contributed by atoms with Gasteiger partial charge in [0, 0.05) is 5.56 Å². The summed E-state index contributed by atoms with van der Waals surface area (Å²) in [6.45, 7) is 4.79. The summed E-state index contributed by atoms with van der Waals surface area (Å²) in [5.41, 5.74) is 1.32. The van der Waals surface area contributed by atoms with Crippen LogP contribution in [0.2, 0.25) is 0 Å². The second-order valence-corrected chi connectivity index (χ2v) is 6.16. The summed E-state index contributed by atoms with van der Waals surface area (Å²) in [7, 11) is -3.40. The first-order valence-electron chi connectivity index (χ1n) is 5.18. The van der Waals surface area contributed by atoms with Gasteiger partial charge in [0.15, 0.2) is 0 Å². The zero-order valence-electron chi connectivity index (χ0n) is 10.0. The Morgan fingerprint density at radius 3 is 2.47 bits per heavy atom. The zero-order chi connectivity index (χ0) is 13.1. The molecule has 0 fully saturated rings. The van der Waals surface area contributed by atoms with Gasteiger partial charge in [-0.1, -0.05) is 23.4 Å². The molecule has 0 aliphatic carbocycles. The quantitative estimate of drug-likeness (QED) is 0.491. The number of hydrogen-bond acceptors (Lipinski definition) is 4. The second-order valence-electron chi connectivity index (χ2n) is 3.93. The van der Waals surface area contributed by atoms with Gasteiger partial charge in [0.2, 0.25) is 10.0 Å². The van der Waals surface area contributed by atoms with Gasteiger partial charge in [-0.3, -0.25) is 4.72 Å². The molecule has 0 radical (unpaired) electrons. The average Bonchev–Trinajstić information content (AvgIpc) is 2.28. The molecule has 0 bridgehead atoms. The van der Waals surface area contributed by atoms with E-state index in [-0.39, 0.29) is 0 Å². The van der Waals surface area contributed by atoms with Crippen LogP contribution in [-0.2, 0) is 10.0 Å². The highest BCUT2D eigenvalue weighted by atomic mass is 32.2. The van der Waals surface area contributed by atoms with Crippen LogP contribution in [0.1, 0.15) is 26.3 Å². The highest BCUT2D eigenvalue weighted by Crippen LogP contribution is 2.18. The Kier molecular flexibility index (Phi) is 4.11. The first-order valence-corrected chi connectivity index (χ1v) is 6.73. The predicted octanol–water partition coefficient (Wildman–Crippen LogP) is 2.03. The Morgan fingerprint density at radius 1 is 1.35 bits per heavy atom. The second kappa shape index (κ2) is 5.18. The molecule has 0 atom stereocenters. The fraction of sp³-hybridized carbons (Fsp3) is 0.364. The van der Waals surface area contributed by atoms with Gasteiger partial charge < -0.3 is 5.21 Å². The number of para-hydroxylation sites is 1. The van der Waals surface area contributed by atoms with Gasteiger partial charge in [0.25, 0.3) is 0 Å². The van der Waals surface area contributed by atoms with Crippen molar-refractivity contribution in [3.63, 3.8) is 0 Å². The van der Waals surface area contributed by atoms with Gasteiger partial charge in [-0.15, -0.1) is 0 Å². The third kappa shape index (κ3) is 3.20. The molecule has 0 aliphatic rings. The molecule has 5 nitrogen and oxygen atoms in total. The average molecular weight is 256 g/mol. The molecule has 0 amide bonds. The van der Waals surface area contributed by atoms with E-state index in [0.29, 0.717) is 17.0 Å². The molecule has 0 aliphatic heterocycles. The van der Waals surface area contributed by atoms with E-state index >= 15 is 0 Å². The van der Waals surface area contributed by atoms with Crippen molar-refractivity contribution >= 4 is 21.4 Å². The number of rotatable bonds is 4. The lowest BCUT2D eigenvalue weighted by atomic mass is 10.1. The molecule has 1 aromatic carbocycles. The first kappa shape index (κ1) is 13.5. The Morgan fingerprint density at radius 2 is 1.94 bits per heavy atom. The molecule has 0 heterocycles. The highest BCUT2D eigenvalue weighted by Gasteiger charge is 2.17. The van der Waals surface area contributed by atoms with Crippen molar-refractivity contribution < 1.29 is 13.6 Å². The number of anilines is 1. The Bertz CT molecular complexity index is 521. The number of nitrogens with zero attached hydrogens (tertiary/aromatic N) is 1. The maximum absolute atomic E-state index is 11.7. The van der Waals surface area contributed by atoms with Crippen molar-refractivity contribution in [1.82, 2.24) is 0 Å². The van der Waals surface area contributed by atoms with Crippen LogP contribution in [0.25, 0.3) is 0 Å². The zero-order valence-corrected chi connectivity index (χ0v) is 10.8. The summed E-state index contributed by atoms with van der Waals surface area (Å²) in [4.78, 5) is 0. The normalized spacial score (nSPS) is 12.8. The first-order chi connectivity index (χ1) is 7.88. The molecule has 6 heteroatoms. The molecule has 17 heavy (non-hydrogen) atoms. The number of benzene rings is 1. The Hall–Kier alpha value is -1.56. The van der Waals surface area contributed by atoms with Gasteiger partial charge >= 0.3 is 0 Å². The largest absolute Gasteiger partial charge is 0.411 e. The van der Waals surface area contributed by atoms with Crippen molar-refractivity contribution in [2.75, 3.05) is 4.72 Å². The van der Waals surface area contributed by atoms with Crippen LogP contribution in [0.5, 0.6) is 0 Å². The van der Waals surface area contributed by atoms with Gasteiger partial charge in [0.1, 0.15) is 0 Å². The summed E-state index contributed by atoms with van der Waals surface area (Å²) in [6, 6.07) is 6.78. The molecular weight excluding hydrogens is 240 g/mol. The van der Waals surface area contributed by atoms with E-state index in [9.17, 15) is 8.42 Å². The van der Waals surface area contributed by atoms with E-state index in [4.69, 9.17) is 5.21 Å². The van der Waals surface area contributed by atoms with E-state index in [1.165, 1.54) is 0 Å². The Labute approximate surface area is 101 Å². The maximum atomic E-state index is 11.7. The molecule has 1 aromatic rings. The minimum Gasteiger partial charge on any atom is -0.411 e. The summed E-state index contributed by atoms with van der Waals surface area (Å²) in [5, 5.41) is 11.3. The van der Waals surface area contributed by atoms with Crippen molar-refractivity contribution in [3.05, 3.63) is 29.8 Å². The van der Waals surface area contributed by atoms with Crippen molar-refractivity contribution in [1.29, 1.82) is 0 Å². The van der Waals surface area contributed by atoms with Gasteiger partial charge in [0.05, 0.1) is 16.6 Å². The van der Waals surface area contributed by atoms with E-state index in [1.807, 2.05) is 0 Å². The summed E-state index contributed by atoms with van der Waals surface area (Å²) >= 11 is 0. The van der Waals surface area contributed by atoms with Crippen molar-refractivity contribution in [2.45, 2.75) is 26.0 Å². The summed E-state index contributed by atoms with van der Waals surface area (Å²) in [5.74, 6) is 0. The lowest BCUT2D eigenvalue weighted by molar-refractivity contribution is 0.319. The lowest BCUT2D eigenvalue weighted by Crippen LogP contribution is -2.23. The van der Waals surface area contributed by atoms with E-state index in [1.54, 1.807) is 45.0 Å². The lowest BCUT2D eigenvalue weighted by Gasteiger charge is -2.13. The molecule has 1 rings (SSSR count). The third-order valence-electron chi connectivity index (χ3n) is 2.34. The maximum Gasteiger partial charge on any atom is 0.235 e. The standard InChI is InChI=1S/C11H16N2O3S/c1-8(2)17(15,16)13-11-7-5-4-6-10(11)9(3)12-14/h4-8,13-14H,1-3H3/b12-9+. The van der Waals surface area contributed by atoms with Gasteiger partial charge in [-0.25, -0.2) is 8.42 Å². The Balaban J connectivity index is 3.17. The number of hydrogen-bond donors (Lipinski definition) is 2. The fourth-order valence-electron chi connectivity index (χ4n) is 1.21. The van der Waals surface area contributed by atoms with Crippen molar-refractivity contribution in [2.24, 2.45) is 5.16 Å². The SMILES string of the molecule is C/C(=N\O)c1ccccc1NS(=O)(=O)C(C)C. The van der Waals surface area contributed by atoms with Crippen LogP contribution in [0.3, 0.4) is 0 Å². The van der Waals surface area contributed by atoms with Crippen LogP contribution < -0.4 is 4.72 Å². The molecule has 0 saturated heterocycles.